The summed E-state index contributed by atoms with van der Waals surface area (Å²) in [4.78, 5) is 21.3. The molecule has 4 aromatic rings. The highest BCUT2D eigenvalue weighted by molar-refractivity contribution is 7.99. The number of halogens is 1. The summed E-state index contributed by atoms with van der Waals surface area (Å²) in [6.07, 6.45) is 8.28. The molecule has 1 saturated heterocycles. The summed E-state index contributed by atoms with van der Waals surface area (Å²) in [5.74, 6) is 1.25. The minimum Gasteiger partial charge on any atom is -0.382 e. The van der Waals surface area contributed by atoms with Crippen LogP contribution in [0.25, 0.3) is 11.2 Å². The largest absolute Gasteiger partial charge is 0.382 e. The number of rotatable bonds is 3. The van der Waals surface area contributed by atoms with Crippen molar-refractivity contribution in [2.24, 2.45) is 5.41 Å². The summed E-state index contributed by atoms with van der Waals surface area (Å²) >= 11 is 7.71. The first-order chi connectivity index (χ1) is 16.1. The van der Waals surface area contributed by atoms with Crippen LogP contribution in [0.3, 0.4) is 0 Å². The van der Waals surface area contributed by atoms with E-state index in [2.05, 4.69) is 44.1 Å². The molecule has 6 rings (SSSR count). The van der Waals surface area contributed by atoms with E-state index in [0.29, 0.717) is 21.9 Å². The zero-order valence-electron chi connectivity index (χ0n) is 18.0. The van der Waals surface area contributed by atoms with E-state index in [1.165, 1.54) is 48.6 Å². The van der Waals surface area contributed by atoms with Crippen LogP contribution in [0.1, 0.15) is 24.0 Å². The Balaban J connectivity index is 1.17. The van der Waals surface area contributed by atoms with Crippen molar-refractivity contribution in [1.29, 1.82) is 0 Å². The number of nitrogens with zero attached hydrogens (tertiary/aromatic N) is 5. The van der Waals surface area contributed by atoms with Gasteiger partial charge in [0.05, 0.1) is 11.2 Å². The van der Waals surface area contributed by atoms with Crippen molar-refractivity contribution in [3.8, 4) is 0 Å². The zero-order valence-corrected chi connectivity index (χ0v) is 19.6. The van der Waals surface area contributed by atoms with Gasteiger partial charge in [-0.05, 0) is 60.4 Å². The normalized spacial score (nSPS) is 16.9. The maximum absolute atomic E-state index is 6.27. The SMILES string of the molecule is Nc1nccc(Sc2ccc3nc(N4CCC5(CC4)Cc4ccccc4C5)cnc3n2)c1Cl. The summed E-state index contributed by atoms with van der Waals surface area (Å²) in [6.45, 7) is 2.02. The van der Waals surface area contributed by atoms with E-state index in [4.69, 9.17) is 22.3 Å². The summed E-state index contributed by atoms with van der Waals surface area (Å²) in [5, 5.41) is 1.23. The van der Waals surface area contributed by atoms with E-state index >= 15 is 0 Å². The number of pyridine rings is 2. The quantitative estimate of drug-likeness (QED) is 0.437. The van der Waals surface area contributed by atoms with Crippen molar-refractivity contribution in [3.05, 3.63) is 71.0 Å². The molecule has 0 amide bonds. The van der Waals surface area contributed by atoms with E-state index in [9.17, 15) is 0 Å². The molecule has 33 heavy (non-hydrogen) atoms. The molecule has 0 radical (unpaired) electrons. The van der Waals surface area contributed by atoms with E-state index in [1.807, 2.05) is 24.4 Å². The van der Waals surface area contributed by atoms with Gasteiger partial charge in [-0.15, -0.1) is 0 Å². The number of aromatic nitrogens is 4. The highest BCUT2D eigenvalue weighted by Gasteiger charge is 2.39. The summed E-state index contributed by atoms with van der Waals surface area (Å²) in [6, 6.07) is 14.7. The highest BCUT2D eigenvalue weighted by atomic mass is 35.5. The number of hydrogen-bond donors (Lipinski definition) is 1. The third kappa shape index (κ3) is 3.89. The van der Waals surface area contributed by atoms with Gasteiger partial charge in [-0.1, -0.05) is 47.6 Å². The van der Waals surface area contributed by atoms with Crippen LogP contribution in [0.2, 0.25) is 5.02 Å². The van der Waals surface area contributed by atoms with E-state index in [0.717, 1.165) is 34.3 Å². The lowest BCUT2D eigenvalue weighted by Crippen LogP contribution is -2.41. The van der Waals surface area contributed by atoms with Gasteiger partial charge >= 0.3 is 0 Å². The fourth-order valence-corrected chi connectivity index (χ4v) is 6.10. The van der Waals surface area contributed by atoms with Crippen LogP contribution in [0.15, 0.2) is 64.8 Å². The molecular weight excluding hydrogens is 452 g/mol. The molecule has 2 N–H and O–H groups in total. The average molecular weight is 475 g/mol. The molecular formula is C25H23ClN6S. The molecule has 0 bridgehead atoms. The second-order valence-electron chi connectivity index (χ2n) is 8.94. The molecule has 1 fully saturated rings. The Bertz CT molecular complexity index is 1330. The molecule has 8 heteroatoms. The molecule has 166 valence electrons. The van der Waals surface area contributed by atoms with Gasteiger partial charge in [0.25, 0.3) is 0 Å². The van der Waals surface area contributed by atoms with Gasteiger partial charge in [-0.3, -0.25) is 0 Å². The van der Waals surface area contributed by atoms with Crippen molar-refractivity contribution in [2.45, 2.75) is 35.6 Å². The monoisotopic (exact) mass is 474 g/mol. The number of hydrogen-bond acceptors (Lipinski definition) is 7. The maximum Gasteiger partial charge on any atom is 0.179 e. The van der Waals surface area contributed by atoms with Crippen molar-refractivity contribution in [3.63, 3.8) is 0 Å². The minimum atomic E-state index is 0.316. The molecule has 0 atom stereocenters. The number of nitrogen functional groups attached to an aromatic ring is 1. The number of nitrogens with two attached hydrogens (primary N) is 1. The van der Waals surface area contributed by atoms with Gasteiger partial charge in [-0.25, -0.2) is 19.9 Å². The van der Waals surface area contributed by atoms with Crippen LogP contribution in [-0.4, -0.2) is 33.0 Å². The van der Waals surface area contributed by atoms with Crippen LogP contribution in [-0.2, 0) is 12.8 Å². The minimum absolute atomic E-state index is 0.316. The Morgan fingerprint density at radius 1 is 0.939 bits per heavy atom. The second kappa shape index (κ2) is 8.15. The fraction of sp³-hybridized carbons (Fsp3) is 0.280. The smallest absolute Gasteiger partial charge is 0.179 e. The van der Waals surface area contributed by atoms with Crippen molar-refractivity contribution >= 4 is 46.2 Å². The zero-order chi connectivity index (χ0) is 22.4. The van der Waals surface area contributed by atoms with Gasteiger partial charge in [0, 0.05) is 24.2 Å². The molecule has 0 saturated carbocycles. The number of piperidine rings is 1. The van der Waals surface area contributed by atoms with Gasteiger partial charge < -0.3 is 10.6 Å². The predicted octanol–water partition coefficient (Wildman–Crippen LogP) is 5.19. The van der Waals surface area contributed by atoms with Crippen LogP contribution in [0.5, 0.6) is 0 Å². The second-order valence-corrected chi connectivity index (χ2v) is 10.4. The molecule has 6 nitrogen and oxygen atoms in total. The average Bonchev–Trinajstić information content (AvgIpc) is 3.20. The lowest BCUT2D eigenvalue weighted by atomic mass is 9.76. The van der Waals surface area contributed by atoms with Crippen molar-refractivity contribution in [1.82, 2.24) is 19.9 Å². The standard InChI is InChI=1S/C25H23ClN6S/c26-22-19(7-10-28-23(22)27)33-21-6-5-18-24(31-21)29-15-20(30-18)32-11-8-25(9-12-32)13-16-3-1-2-4-17(16)14-25/h1-7,10,15H,8-9,11-14H2,(H2,27,28). The molecule has 4 heterocycles. The summed E-state index contributed by atoms with van der Waals surface area (Å²) in [7, 11) is 0. The first-order valence-corrected chi connectivity index (χ1v) is 12.3. The Labute approximate surface area is 201 Å². The Kier molecular flexibility index (Phi) is 5.11. The lowest BCUT2D eigenvalue weighted by Gasteiger charge is -2.39. The van der Waals surface area contributed by atoms with Gasteiger partial charge in [0.1, 0.15) is 22.2 Å². The molecule has 1 spiro atoms. The Morgan fingerprint density at radius 2 is 1.70 bits per heavy atom. The van der Waals surface area contributed by atoms with Crippen LogP contribution in [0, 0.1) is 5.41 Å². The van der Waals surface area contributed by atoms with Crippen molar-refractivity contribution in [2.75, 3.05) is 23.7 Å². The number of anilines is 2. The van der Waals surface area contributed by atoms with Crippen molar-refractivity contribution < 1.29 is 0 Å². The predicted molar refractivity (Wildman–Crippen MR) is 133 cm³/mol. The van der Waals surface area contributed by atoms with E-state index < -0.39 is 0 Å². The van der Waals surface area contributed by atoms with E-state index in [-0.39, 0.29) is 0 Å². The molecule has 0 unspecified atom stereocenters. The summed E-state index contributed by atoms with van der Waals surface area (Å²) in [5.41, 5.74) is 10.7. The molecule has 1 aliphatic carbocycles. The first kappa shape index (κ1) is 20.7. The van der Waals surface area contributed by atoms with Crippen LogP contribution in [0.4, 0.5) is 11.6 Å². The molecule has 3 aromatic heterocycles. The highest BCUT2D eigenvalue weighted by Crippen LogP contribution is 2.45. The first-order valence-electron chi connectivity index (χ1n) is 11.1. The lowest BCUT2D eigenvalue weighted by molar-refractivity contribution is 0.232. The topological polar surface area (TPSA) is 80.8 Å². The Morgan fingerprint density at radius 3 is 2.45 bits per heavy atom. The molecule has 1 aliphatic heterocycles. The van der Waals surface area contributed by atoms with E-state index in [1.54, 1.807) is 6.20 Å². The fourth-order valence-electron chi connectivity index (χ4n) is 5.06. The number of benzene rings is 1. The van der Waals surface area contributed by atoms with Gasteiger partial charge in [0.15, 0.2) is 5.65 Å². The molecule has 2 aliphatic rings. The van der Waals surface area contributed by atoms with Gasteiger partial charge in [0.2, 0.25) is 0 Å². The Hall–Kier alpha value is -2.90. The summed E-state index contributed by atoms with van der Waals surface area (Å²) < 4.78 is 0. The third-order valence-electron chi connectivity index (χ3n) is 6.86. The van der Waals surface area contributed by atoms with Gasteiger partial charge in [-0.2, -0.15) is 0 Å². The number of fused-ring (bicyclic) bond motifs is 2. The van der Waals surface area contributed by atoms with Crippen LogP contribution >= 0.6 is 23.4 Å². The third-order valence-corrected chi connectivity index (χ3v) is 8.36. The maximum atomic E-state index is 6.27. The van der Waals surface area contributed by atoms with Crippen LogP contribution < -0.4 is 10.6 Å². The molecule has 1 aromatic carbocycles.